The molecule has 0 bridgehead atoms. The molecule has 0 aromatic heterocycles. The highest BCUT2D eigenvalue weighted by molar-refractivity contribution is 8.26. The van der Waals surface area contributed by atoms with Gasteiger partial charge in [0.2, 0.25) is 0 Å². The lowest BCUT2D eigenvalue weighted by Gasteiger charge is -2.14. The molecular formula is C16H16N2O6S2. The minimum absolute atomic E-state index is 0.176. The molecule has 26 heavy (non-hydrogen) atoms. The first-order chi connectivity index (χ1) is 12.2. The SMILES string of the molecule is CC(C)COC(=O)CN1C(=O)/C(=C/c2ccc(O)c([N+](=O)[O-])c2)SC1=S. The summed E-state index contributed by atoms with van der Waals surface area (Å²) in [5.41, 5.74) is -0.108. The number of ether oxygens (including phenoxy) is 1. The number of aromatic hydroxyl groups is 1. The summed E-state index contributed by atoms with van der Waals surface area (Å²) in [5.74, 6) is -1.32. The van der Waals surface area contributed by atoms with E-state index in [1.807, 2.05) is 13.8 Å². The first-order valence-electron chi connectivity index (χ1n) is 7.57. The molecule has 1 aliphatic heterocycles. The van der Waals surface area contributed by atoms with E-state index in [2.05, 4.69) is 0 Å². The predicted molar refractivity (Wildman–Crippen MR) is 100 cm³/mol. The third kappa shape index (κ3) is 4.79. The molecule has 0 atom stereocenters. The Balaban J connectivity index is 2.15. The van der Waals surface area contributed by atoms with Gasteiger partial charge in [0.05, 0.1) is 16.4 Å². The summed E-state index contributed by atoms with van der Waals surface area (Å²) in [6.07, 6.45) is 1.42. The number of nitro groups is 1. The van der Waals surface area contributed by atoms with E-state index in [1.54, 1.807) is 0 Å². The maximum atomic E-state index is 12.4. The molecule has 0 unspecified atom stereocenters. The molecule has 1 saturated heterocycles. The highest BCUT2D eigenvalue weighted by Crippen LogP contribution is 2.34. The van der Waals surface area contributed by atoms with Gasteiger partial charge in [0.1, 0.15) is 10.9 Å². The van der Waals surface area contributed by atoms with Crippen molar-refractivity contribution in [3.8, 4) is 5.75 Å². The van der Waals surface area contributed by atoms with Crippen molar-refractivity contribution < 1.29 is 24.4 Å². The molecule has 1 N–H and O–H groups in total. The van der Waals surface area contributed by atoms with Crippen LogP contribution in [-0.2, 0) is 14.3 Å². The third-order valence-corrected chi connectivity index (χ3v) is 4.61. The number of rotatable bonds is 6. The molecule has 0 aliphatic carbocycles. The minimum atomic E-state index is -0.720. The van der Waals surface area contributed by atoms with E-state index in [-0.39, 0.29) is 28.3 Å². The van der Waals surface area contributed by atoms with Crippen LogP contribution in [0.15, 0.2) is 23.1 Å². The number of nitrogens with zero attached hydrogens (tertiary/aromatic N) is 2. The Morgan fingerprint density at radius 3 is 2.81 bits per heavy atom. The molecule has 1 heterocycles. The molecule has 0 spiro atoms. The summed E-state index contributed by atoms with van der Waals surface area (Å²) in [7, 11) is 0. The molecule has 1 amide bonds. The van der Waals surface area contributed by atoms with Crippen LogP contribution in [0.3, 0.4) is 0 Å². The fourth-order valence-corrected chi connectivity index (χ4v) is 3.25. The number of phenolic OH excluding ortho intramolecular Hbond substituents is 1. The van der Waals surface area contributed by atoms with Crippen molar-refractivity contribution in [2.45, 2.75) is 13.8 Å². The van der Waals surface area contributed by atoms with Crippen molar-refractivity contribution >= 4 is 51.9 Å². The number of thioether (sulfide) groups is 1. The number of esters is 1. The fraction of sp³-hybridized carbons (Fsp3) is 0.312. The predicted octanol–water partition coefficient (Wildman–Crippen LogP) is 2.70. The van der Waals surface area contributed by atoms with Crippen LogP contribution in [0, 0.1) is 16.0 Å². The Kier molecular flexibility index (Phi) is 6.32. The van der Waals surface area contributed by atoms with Gasteiger partial charge in [-0.2, -0.15) is 0 Å². The molecule has 0 saturated carbocycles. The number of phenols is 1. The van der Waals surface area contributed by atoms with Gasteiger partial charge in [-0.1, -0.05) is 43.9 Å². The Labute approximate surface area is 159 Å². The zero-order valence-electron chi connectivity index (χ0n) is 14.0. The van der Waals surface area contributed by atoms with E-state index in [0.717, 1.165) is 22.7 Å². The van der Waals surface area contributed by atoms with E-state index in [4.69, 9.17) is 17.0 Å². The van der Waals surface area contributed by atoms with Crippen LogP contribution < -0.4 is 0 Å². The van der Waals surface area contributed by atoms with Crippen LogP contribution >= 0.6 is 24.0 Å². The standard InChI is InChI=1S/C16H16N2O6S2/c1-9(2)8-24-14(20)7-17-15(21)13(26-16(17)25)6-10-3-4-12(19)11(5-10)18(22)23/h3-6,9,19H,7-8H2,1-2H3/b13-6-. The lowest BCUT2D eigenvalue weighted by Crippen LogP contribution is -2.34. The van der Waals surface area contributed by atoms with E-state index >= 15 is 0 Å². The Morgan fingerprint density at radius 2 is 2.19 bits per heavy atom. The second-order valence-corrected chi connectivity index (χ2v) is 7.53. The maximum Gasteiger partial charge on any atom is 0.326 e. The summed E-state index contributed by atoms with van der Waals surface area (Å²) in [4.78, 5) is 35.8. The van der Waals surface area contributed by atoms with Gasteiger partial charge < -0.3 is 9.84 Å². The summed E-state index contributed by atoms with van der Waals surface area (Å²) in [6, 6.07) is 3.76. The van der Waals surface area contributed by atoms with Crippen molar-refractivity contribution in [3.63, 3.8) is 0 Å². The molecule has 138 valence electrons. The number of benzene rings is 1. The zero-order valence-corrected chi connectivity index (χ0v) is 15.6. The van der Waals surface area contributed by atoms with E-state index in [0.29, 0.717) is 5.56 Å². The third-order valence-electron chi connectivity index (χ3n) is 3.23. The molecule has 1 aliphatic rings. The molecule has 8 nitrogen and oxygen atoms in total. The van der Waals surface area contributed by atoms with Crippen molar-refractivity contribution in [3.05, 3.63) is 38.8 Å². The summed E-state index contributed by atoms with van der Waals surface area (Å²) in [5, 5.41) is 20.4. The molecule has 1 aromatic carbocycles. The first-order valence-corrected chi connectivity index (χ1v) is 8.80. The van der Waals surface area contributed by atoms with Crippen LogP contribution in [0.4, 0.5) is 5.69 Å². The van der Waals surface area contributed by atoms with Crippen molar-refractivity contribution in [2.24, 2.45) is 5.92 Å². The van der Waals surface area contributed by atoms with E-state index in [1.165, 1.54) is 18.2 Å². The quantitative estimate of drug-likeness (QED) is 0.257. The normalized spacial score (nSPS) is 15.8. The Morgan fingerprint density at radius 1 is 1.50 bits per heavy atom. The van der Waals surface area contributed by atoms with E-state index < -0.39 is 28.2 Å². The largest absolute Gasteiger partial charge is 0.502 e. The number of nitro benzene ring substituents is 1. The van der Waals surface area contributed by atoms with Crippen LogP contribution in [0.1, 0.15) is 19.4 Å². The number of thiocarbonyl (C=S) groups is 1. The summed E-state index contributed by atoms with van der Waals surface area (Å²) >= 11 is 6.11. The molecule has 10 heteroatoms. The van der Waals surface area contributed by atoms with Gasteiger partial charge in [0.15, 0.2) is 5.75 Å². The van der Waals surface area contributed by atoms with E-state index in [9.17, 15) is 24.8 Å². The maximum absolute atomic E-state index is 12.4. The van der Waals surface area contributed by atoms with Crippen LogP contribution in [-0.4, -0.2) is 44.3 Å². The van der Waals surface area contributed by atoms with Gasteiger partial charge in [-0.3, -0.25) is 24.6 Å². The highest BCUT2D eigenvalue weighted by atomic mass is 32.2. The van der Waals surface area contributed by atoms with Gasteiger partial charge >= 0.3 is 11.7 Å². The average molecular weight is 396 g/mol. The topological polar surface area (TPSA) is 110 Å². The minimum Gasteiger partial charge on any atom is -0.502 e. The van der Waals surface area contributed by atoms with Gasteiger partial charge in [0.25, 0.3) is 5.91 Å². The molecule has 1 aromatic rings. The number of hydrogen-bond donors (Lipinski definition) is 1. The fourth-order valence-electron chi connectivity index (χ4n) is 2.00. The lowest BCUT2D eigenvalue weighted by atomic mass is 10.1. The lowest BCUT2D eigenvalue weighted by molar-refractivity contribution is -0.385. The Hall–Kier alpha value is -2.46. The smallest absolute Gasteiger partial charge is 0.326 e. The number of carbonyl (C=O) groups excluding carboxylic acids is 2. The van der Waals surface area contributed by atoms with Gasteiger partial charge in [-0.05, 0) is 23.6 Å². The van der Waals surface area contributed by atoms with Crippen LogP contribution in [0.25, 0.3) is 6.08 Å². The van der Waals surface area contributed by atoms with Crippen molar-refractivity contribution in [2.75, 3.05) is 13.2 Å². The number of carbonyl (C=O) groups is 2. The number of amides is 1. The summed E-state index contributed by atoms with van der Waals surface area (Å²) in [6.45, 7) is 3.75. The average Bonchev–Trinajstić information content (AvgIpc) is 2.82. The number of hydrogen-bond acceptors (Lipinski definition) is 8. The highest BCUT2D eigenvalue weighted by Gasteiger charge is 2.34. The van der Waals surface area contributed by atoms with Crippen LogP contribution in [0.5, 0.6) is 5.75 Å². The van der Waals surface area contributed by atoms with Gasteiger partial charge in [0, 0.05) is 6.07 Å². The first kappa shape index (κ1) is 19.9. The van der Waals surface area contributed by atoms with Crippen molar-refractivity contribution in [1.29, 1.82) is 0 Å². The second kappa shape index (κ2) is 8.28. The molecule has 2 rings (SSSR count). The molecule has 1 fully saturated rings. The van der Waals surface area contributed by atoms with Gasteiger partial charge in [-0.25, -0.2) is 0 Å². The Bertz CT molecular complexity index is 806. The van der Waals surface area contributed by atoms with Crippen molar-refractivity contribution in [1.82, 2.24) is 4.90 Å². The van der Waals surface area contributed by atoms with Gasteiger partial charge in [-0.15, -0.1) is 0 Å². The monoisotopic (exact) mass is 396 g/mol. The molecular weight excluding hydrogens is 380 g/mol. The zero-order chi connectivity index (χ0) is 19.4. The van der Waals surface area contributed by atoms with Crippen LogP contribution in [0.2, 0.25) is 0 Å². The molecule has 0 radical (unpaired) electrons. The summed E-state index contributed by atoms with van der Waals surface area (Å²) < 4.78 is 5.25. The second-order valence-electron chi connectivity index (χ2n) is 5.85.